The number of nitrogens with zero attached hydrogens (tertiary/aromatic N) is 1. The van der Waals surface area contributed by atoms with Gasteiger partial charge in [0.15, 0.2) is 0 Å². The monoisotopic (exact) mass is 397 g/mol. The zero-order chi connectivity index (χ0) is 21.4. The number of hydrogen-bond donors (Lipinski definition) is 3. The highest BCUT2D eigenvalue weighted by Crippen LogP contribution is 2.09. The van der Waals surface area contributed by atoms with E-state index in [2.05, 4.69) is 10.6 Å². The average Bonchev–Trinajstić information content (AvgIpc) is 2.67. The highest BCUT2D eigenvalue weighted by Gasteiger charge is 2.26. The molecule has 0 unspecified atom stereocenters. The first-order valence-electron chi connectivity index (χ1n) is 8.82. The quantitative estimate of drug-likeness (QED) is 0.624. The van der Waals surface area contributed by atoms with Crippen LogP contribution in [0.15, 0.2) is 48.5 Å². The second kappa shape index (κ2) is 9.99. The van der Waals surface area contributed by atoms with Gasteiger partial charge < -0.3 is 15.7 Å². The van der Waals surface area contributed by atoms with Crippen LogP contribution in [0.4, 0.5) is 4.39 Å². The normalized spacial score (nSPS) is 12.3. The number of hydrogen-bond acceptors (Lipinski definition) is 4. The number of nitriles is 1. The SMILES string of the molecule is CC(=O)N[C@@H](Cc1cccc(F)c1)C(=O)N[C@@H](Cc1ccc(C#N)cc1)C(=O)O. The van der Waals surface area contributed by atoms with Crippen LogP contribution in [0.1, 0.15) is 23.6 Å². The third-order valence-electron chi connectivity index (χ3n) is 4.16. The van der Waals surface area contributed by atoms with E-state index in [0.29, 0.717) is 16.7 Å². The molecular weight excluding hydrogens is 377 g/mol. The lowest BCUT2D eigenvalue weighted by molar-refractivity contribution is -0.142. The standard InChI is InChI=1S/C21H20FN3O4/c1-13(26)24-18(11-16-3-2-4-17(22)9-16)20(27)25-19(21(28)29)10-14-5-7-15(12-23)8-6-14/h2-9,18-19H,10-11H2,1H3,(H,24,26)(H,25,27)(H,28,29)/t18-,19-/m0/s1. The zero-order valence-electron chi connectivity index (χ0n) is 15.7. The molecule has 0 radical (unpaired) electrons. The predicted molar refractivity (Wildman–Crippen MR) is 102 cm³/mol. The molecule has 0 saturated carbocycles. The molecule has 0 aliphatic rings. The van der Waals surface area contributed by atoms with Crippen molar-refractivity contribution in [2.24, 2.45) is 0 Å². The van der Waals surface area contributed by atoms with Crippen molar-refractivity contribution < 1.29 is 23.9 Å². The Morgan fingerprint density at radius 2 is 1.69 bits per heavy atom. The summed E-state index contributed by atoms with van der Waals surface area (Å²) in [6.07, 6.45) is 0.00587. The van der Waals surface area contributed by atoms with Gasteiger partial charge in [0.2, 0.25) is 11.8 Å². The average molecular weight is 397 g/mol. The van der Waals surface area contributed by atoms with Crippen LogP contribution in [-0.2, 0) is 27.2 Å². The fourth-order valence-corrected chi connectivity index (χ4v) is 2.78. The van der Waals surface area contributed by atoms with Crippen molar-refractivity contribution >= 4 is 17.8 Å². The van der Waals surface area contributed by atoms with E-state index in [4.69, 9.17) is 5.26 Å². The molecule has 0 bridgehead atoms. The minimum atomic E-state index is -1.24. The highest BCUT2D eigenvalue weighted by molar-refractivity contribution is 5.90. The van der Waals surface area contributed by atoms with E-state index in [1.54, 1.807) is 30.3 Å². The van der Waals surface area contributed by atoms with Gasteiger partial charge in [0.05, 0.1) is 11.6 Å². The lowest BCUT2D eigenvalue weighted by Gasteiger charge is -2.21. The van der Waals surface area contributed by atoms with E-state index in [0.717, 1.165) is 0 Å². The largest absolute Gasteiger partial charge is 0.480 e. The lowest BCUT2D eigenvalue weighted by Crippen LogP contribution is -2.52. The number of carboxylic acids is 1. The van der Waals surface area contributed by atoms with Gasteiger partial charge in [0.25, 0.3) is 0 Å². The fourth-order valence-electron chi connectivity index (χ4n) is 2.78. The number of benzene rings is 2. The number of carbonyl (C=O) groups is 3. The Kier molecular flexibility index (Phi) is 7.43. The highest BCUT2D eigenvalue weighted by atomic mass is 19.1. The van der Waals surface area contributed by atoms with Gasteiger partial charge in [-0.3, -0.25) is 9.59 Å². The summed E-state index contributed by atoms with van der Waals surface area (Å²) in [5, 5.41) is 23.2. The first kappa shape index (κ1) is 21.6. The van der Waals surface area contributed by atoms with Crippen molar-refractivity contribution in [2.75, 3.05) is 0 Å². The van der Waals surface area contributed by atoms with Gasteiger partial charge >= 0.3 is 5.97 Å². The van der Waals surface area contributed by atoms with Gasteiger partial charge in [0.1, 0.15) is 17.9 Å². The molecule has 2 aromatic carbocycles. The second-order valence-electron chi connectivity index (χ2n) is 6.50. The number of carboxylic acid groups (broad SMARTS) is 1. The third-order valence-corrected chi connectivity index (χ3v) is 4.16. The molecule has 0 aliphatic heterocycles. The van der Waals surface area contributed by atoms with Crippen molar-refractivity contribution in [3.05, 3.63) is 71.0 Å². The first-order chi connectivity index (χ1) is 13.8. The number of nitrogens with one attached hydrogen (secondary N) is 2. The number of aliphatic carboxylic acids is 1. The molecule has 0 aliphatic carbocycles. The number of halogens is 1. The van der Waals surface area contributed by atoms with Crippen molar-refractivity contribution in [3.63, 3.8) is 0 Å². The van der Waals surface area contributed by atoms with Crippen LogP contribution in [0, 0.1) is 17.1 Å². The Balaban J connectivity index is 2.13. The summed E-state index contributed by atoms with van der Waals surface area (Å²) >= 11 is 0. The van der Waals surface area contributed by atoms with E-state index in [9.17, 15) is 23.9 Å². The predicted octanol–water partition coefficient (Wildman–Crippen LogP) is 1.56. The van der Waals surface area contributed by atoms with Crippen LogP contribution in [0.5, 0.6) is 0 Å². The molecule has 2 atom stereocenters. The maximum atomic E-state index is 13.4. The second-order valence-corrected chi connectivity index (χ2v) is 6.50. The summed E-state index contributed by atoms with van der Waals surface area (Å²) in [5.74, 6) is -2.88. The Morgan fingerprint density at radius 1 is 1.03 bits per heavy atom. The number of amides is 2. The van der Waals surface area contributed by atoms with Crippen LogP contribution < -0.4 is 10.6 Å². The molecule has 7 nitrogen and oxygen atoms in total. The van der Waals surface area contributed by atoms with E-state index >= 15 is 0 Å². The maximum Gasteiger partial charge on any atom is 0.326 e. The molecule has 0 saturated heterocycles. The van der Waals surface area contributed by atoms with E-state index in [1.807, 2.05) is 6.07 Å². The van der Waals surface area contributed by atoms with Crippen LogP contribution in [0.25, 0.3) is 0 Å². The molecule has 29 heavy (non-hydrogen) atoms. The topological polar surface area (TPSA) is 119 Å². The van der Waals surface area contributed by atoms with Gasteiger partial charge in [0, 0.05) is 19.8 Å². The van der Waals surface area contributed by atoms with Crippen LogP contribution in [0.2, 0.25) is 0 Å². The zero-order valence-corrected chi connectivity index (χ0v) is 15.7. The molecule has 0 aromatic heterocycles. The van der Waals surface area contributed by atoms with Gasteiger partial charge in [-0.1, -0.05) is 24.3 Å². The van der Waals surface area contributed by atoms with Crippen molar-refractivity contribution in [1.82, 2.24) is 10.6 Å². The Bertz CT molecular complexity index is 938. The van der Waals surface area contributed by atoms with Gasteiger partial charge in [-0.15, -0.1) is 0 Å². The van der Waals surface area contributed by atoms with Crippen LogP contribution in [0.3, 0.4) is 0 Å². The maximum absolute atomic E-state index is 13.4. The summed E-state index contributed by atoms with van der Waals surface area (Å²) in [6, 6.07) is 11.6. The Hall–Kier alpha value is -3.73. The van der Waals surface area contributed by atoms with Crippen LogP contribution in [-0.4, -0.2) is 35.0 Å². The molecule has 2 amide bonds. The summed E-state index contributed by atoms with van der Waals surface area (Å²) in [6.45, 7) is 1.23. The summed E-state index contributed by atoms with van der Waals surface area (Å²) in [4.78, 5) is 35.7. The molecule has 0 spiro atoms. The van der Waals surface area contributed by atoms with Gasteiger partial charge in [-0.2, -0.15) is 5.26 Å². The Morgan fingerprint density at radius 3 is 2.24 bits per heavy atom. The van der Waals surface area contributed by atoms with Gasteiger partial charge in [-0.25, -0.2) is 9.18 Å². The smallest absolute Gasteiger partial charge is 0.326 e. The molecule has 8 heteroatoms. The third kappa shape index (κ3) is 6.74. The minimum Gasteiger partial charge on any atom is -0.480 e. The molecule has 0 fully saturated rings. The van der Waals surface area contributed by atoms with Crippen molar-refractivity contribution in [1.29, 1.82) is 5.26 Å². The molecule has 0 heterocycles. The Labute approximate surface area is 167 Å². The molecular formula is C21H20FN3O4. The van der Waals surface area contributed by atoms with Crippen molar-refractivity contribution in [2.45, 2.75) is 31.8 Å². The summed E-state index contributed by atoms with van der Waals surface area (Å²) < 4.78 is 13.4. The van der Waals surface area contributed by atoms with Crippen molar-refractivity contribution in [3.8, 4) is 6.07 Å². The summed E-state index contributed by atoms with van der Waals surface area (Å²) in [5.41, 5.74) is 1.54. The molecule has 150 valence electrons. The molecule has 2 aromatic rings. The van der Waals surface area contributed by atoms with Gasteiger partial charge in [-0.05, 0) is 35.4 Å². The number of carbonyl (C=O) groups excluding carboxylic acids is 2. The molecule has 3 N–H and O–H groups in total. The molecule has 2 rings (SSSR count). The number of rotatable bonds is 8. The summed E-state index contributed by atoms with van der Waals surface area (Å²) in [7, 11) is 0. The first-order valence-corrected chi connectivity index (χ1v) is 8.82. The fraction of sp³-hybridized carbons (Fsp3) is 0.238. The minimum absolute atomic E-state index is 0.000458. The van der Waals surface area contributed by atoms with Crippen LogP contribution >= 0.6 is 0 Å². The van der Waals surface area contributed by atoms with E-state index in [-0.39, 0.29) is 12.8 Å². The lowest BCUT2D eigenvalue weighted by atomic mass is 10.0. The van der Waals surface area contributed by atoms with E-state index < -0.39 is 35.7 Å². The van der Waals surface area contributed by atoms with E-state index in [1.165, 1.54) is 25.1 Å².